The lowest BCUT2D eigenvalue weighted by Gasteiger charge is -2.09. The quantitative estimate of drug-likeness (QED) is 0.278. The van der Waals surface area contributed by atoms with Gasteiger partial charge in [0.25, 0.3) is 11.4 Å². The first kappa shape index (κ1) is 22.1. The van der Waals surface area contributed by atoms with Gasteiger partial charge in [0.1, 0.15) is 0 Å². The maximum atomic E-state index is 11.8. The SMILES string of the molecule is O=C(NCCCCNC(=O)Nc1cccc([N+](=O)[O-])c1)Nc1ccc([N+](=O)[O-])cc1. The highest BCUT2D eigenvalue weighted by molar-refractivity contribution is 5.90. The minimum Gasteiger partial charge on any atom is -0.338 e. The second-order valence-corrected chi connectivity index (χ2v) is 6.08. The summed E-state index contributed by atoms with van der Waals surface area (Å²) in [4.78, 5) is 43.8. The molecule has 2 aromatic rings. The molecule has 12 nitrogen and oxygen atoms in total. The third kappa shape index (κ3) is 7.42. The smallest absolute Gasteiger partial charge is 0.319 e. The third-order valence-corrected chi connectivity index (χ3v) is 3.83. The first-order valence-corrected chi connectivity index (χ1v) is 8.94. The molecule has 0 aliphatic carbocycles. The van der Waals surface area contributed by atoms with E-state index >= 15 is 0 Å². The summed E-state index contributed by atoms with van der Waals surface area (Å²) in [5.41, 5.74) is 0.553. The lowest BCUT2D eigenvalue weighted by Crippen LogP contribution is -2.31. The van der Waals surface area contributed by atoms with E-state index in [1.807, 2.05) is 0 Å². The summed E-state index contributed by atoms with van der Waals surface area (Å²) in [6.45, 7) is 0.722. The third-order valence-electron chi connectivity index (χ3n) is 3.83. The zero-order valence-corrected chi connectivity index (χ0v) is 15.8. The molecule has 0 saturated heterocycles. The highest BCUT2D eigenvalue weighted by Gasteiger charge is 2.08. The van der Waals surface area contributed by atoms with Gasteiger partial charge in [0.15, 0.2) is 0 Å². The molecule has 0 fully saturated rings. The van der Waals surface area contributed by atoms with Crippen LogP contribution in [0.3, 0.4) is 0 Å². The molecule has 0 aliphatic rings. The molecule has 0 spiro atoms. The number of amides is 4. The Hall–Kier alpha value is -4.22. The van der Waals surface area contributed by atoms with E-state index in [4.69, 9.17) is 0 Å². The van der Waals surface area contributed by atoms with Crippen LogP contribution in [0.1, 0.15) is 12.8 Å². The number of urea groups is 2. The Labute approximate surface area is 171 Å². The number of nitrogens with one attached hydrogen (secondary N) is 4. The van der Waals surface area contributed by atoms with Gasteiger partial charge in [-0.2, -0.15) is 0 Å². The summed E-state index contributed by atoms with van der Waals surface area (Å²) in [5, 5.41) is 31.6. The van der Waals surface area contributed by atoms with Gasteiger partial charge in [-0.3, -0.25) is 20.2 Å². The van der Waals surface area contributed by atoms with Crippen LogP contribution in [0, 0.1) is 20.2 Å². The van der Waals surface area contributed by atoms with E-state index in [1.165, 1.54) is 42.5 Å². The predicted octanol–water partition coefficient (Wildman–Crippen LogP) is 3.23. The van der Waals surface area contributed by atoms with Crippen LogP contribution in [0.5, 0.6) is 0 Å². The fraction of sp³-hybridized carbons (Fsp3) is 0.222. The average molecular weight is 416 g/mol. The maximum absolute atomic E-state index is 11.8. The molecule has 0 aromatic heterocycles. The Morgan fingerprint density at radius 3 is 1.80 bits per heavy atom. The molecule has 30 heavy (non-hydrogen) atoms. The lowest BCUT2D eigenvalue weighted by molar-refractivity contribution is -0.385. The highest BCUT2D eigenvalue weighted by atomic mass is 16.6. The average Bonchev–Trinajstić information content (AvgIpc) is 2.71. The molecule has 0 atom stereocenters. The number of carbonyl (C=O) groups excluding carboxylic acids is 2. The van der Waals surface area contributed by atoms with Crippen molar-refractivity contribution >= 4 is 34.8 Å². The normalized spacial score (nSPS) is 10.0. The zero-order valence-electron chi connectivity index (χ0n) is 15.8. The standard InChI is InChI=1S/C18H20N6O6/c25-17(21-13-6-8-15(9-7-13)23(27)28)19-10-1-2-11-20-18(26)22-14-4-3-5-16(12-14)24(29)30/h3-9,12H,1-2,10-11H2,(H2,19,21,25)(H2,20,22,26). The van der Waals surface area contributed by atoms with Crippen LogP contribution in [0.2, 0.25) is 0 Å². The monoisotopic (exact) mass is 416 g/mol. The lowest BCUT2D eigenvalue weighted by atomic mass is 10.3. The number of non-ortho nitro benzene ring substituents is 2. The van der Waals surface area contributed by atoms with Gasteiger partial charge in [-0.05, 0) is 31.0 Å². The van der Waals surface area contributed by atoms with E-state index in [9.17, 15) is 29.8 Å². The minimum absolute atomic E-state index is 0.0667. The molecule has 4 N–H and O–H groups in total. The van der Waals surface area contributed by atoms with Crippen molar-refractivity contribution in [3.05, 3.63) is 68.8 Å². The summed E-state index contributed by atoms with van der Waals surface area (Å²) in [6, 6.07) is 10.1. The van der Waals surface area contributed by atoms with E-state index in [0.29, 0.717) is 37.3 Å². The molecule has 0 unspecified atom stereocenters. The van der Waals surface area contributed by atoms with Gasteiger partial charge < -0.3 is 21.3 Å². The summed E-state index contributed by atoms with van der Waals surface area (Å²) in [7, 11) is 0. The zero-order chi connectivity index (χ0) is 21.9. The first-order valence-electron chi connectivity index (χ1n) is 8.94. The number of nitro groups is 2. The van der Waals surface area contributed by atoms with Gasteiger partial charge in [-0.15, -0.1) is 0 Å². The van der Waals surface area contributed by atoms with Gasteiger partial charge in [0.05, 0.1) is 9.85 Å². The molecule has 0 aliphatic heterocycles. The van der Waals surface area contributed by atoms with Crippen LogP contribution in [-0.2, 0) is 0 Å². The number of hydrogen-bond donors (Lipinski definition) is 4. The Morgan fingerprint density at radius 1 is 0.733 bits per heavy atom. The fourth-order valence-electron chi connectivity index (χ4n) is 2.37. The molecule has 12 heteroatoms. The molecule has 0 bridgehead atoms. The maximum Gasteiger partial charge on any atom is 0.319 e. The molecule has 0 heterocycles. The van der Waals surface area contributed by atoms with Gasteiger partial charge >= 0.3 is 12.1 Å². The van der Waals surface area contributed by atoms with Crippen molar-refractivity contribution in [2.24, 2.45) is 0 Å². The second kappa shape index (κ2) is 10.9. The summed E-state index contributed by atoms with van der Waals surface area (Å²) >= 11 is 0. The van der Waals surface area contributed by atoms with Crippen molar-refractivity contribution in [1.82, 2.24) is 10.6 Å². The number of rotatable bonds is 9. The van der Waals surface area contributed by atoms with Gasteiger partial charge in [-0.25, -0.2) is 9.59 Å². The number of carbonyl (C=O) groups is 2. The Bertz CT molecular complexity index is 918. The number of nitro benzene ring substituents is 2. The van der Waals surface area contributed by atoms with Crippen LogP contribution < -0.4 is 21.3 Å². The summed E-state index contributed by atoms with van der Waals surface area (Å²) in [6.07, 6.45) is 1.20. The number of nitrogens with zero attached hydrogens (tertiary/aromatic N) is 2. The minimum atomic E-state index is -0.548. The molecule has 2 aromatic carbocycles. The highest BCUT2D eigenvalue weighted by Crippen LogP contribution is 2.17. The Kier molecular flexibility index (Phi) is 8.05. The van der Waals surface area contributed by atoms with Gasteiger partial charge in [-0.1, -0.05) is 6.07 Å². The molecule has 158 valence electrons. The van der Waals surface area contributed by atoms with Crippen molar-refractivity contribution in [3.63, 3.8) is 0 Å². The molecular formula is C18H20N6O6. The van der Waals surface area contributed by atoms with Crippen molar-refractivity contribution in [2.45, 2.75) is 12.8 Å². The van der Waals surface area contributed by atoms with E-state index < -0.39 is 21.9 Å². The van der Waals surface area contributed by atoms with Crippen molar-refractivity contribution in [1.29, 1.82) is 0 Å². The fourth-order valence-corrected chi connectivity index (χ4v) is 2.37. The van der Waals surface area contributed by atoms with Gasteiger partial charge in [0, 0.05) is 48.7 Å². The number of anilines is 2. The van der Waals surface area contributed by atoms with Crippen LogP contribution >= 0.6 is 0 Å². The molecular weight excluding hydrogens is 396 g/mol. The van der Waals surface area contributed by atoms with Crippen molar-refractivity contribution in [3.8, 4) is 0 Å². The number of hydrogen-bond acceptors (Lipinski definition) is 6. The summed E-state index contributed by atoms with van der Waals surface area (Å²) in [5.74, 6) is 0. The van der Waals surface area contributed by atoms with Crippen LogP contribution in [-0.4, -0.2) is 35.0 Å². The van der Waals surface area contributed by atoms with E-state index in [-0.39, 0.29) is 11.4 Å². The summed E-state index contributed by atoms with van der Waals surface area (Å²) < 4.78 is 0. The predicted molar refractivity (Wildman–Crippen MR) is 109 cm³/mol. The Balaban J connectivity index is 1.59. The molecule has 4 amide bonds. The van der Waals surface area contributed by atoms with Crippen LogP contribution in [0.15, 0.2) is 48.5 Å². The van der Waals surface area contributed by atoms with E-state index in [0.717, 1.165) is 0 Å². The van der Waals surface area contributed by atoms with Crippen molar-refractivity contribution < 1.29 is 19.4 Å². The molecule has 0 saturated carbocycles. The van der Waals surface area contributed by atoms with Crippen LogP contribution in [0.25, 0.3) is 0 Å². The van der Waals surface area contributed by atoms with Crippen LogP contribution in [0.4, 0.5) is 32.3 Å². The van der Waals surface area contributed by atoms with E-state index in [2.05, 4.69) is 21.3 Å². The molecule has 0 radical (unpaired) electrons. The second-order valence-electron chi connectivity index (χ2n) is 6.08. The number of unbranched alkanes of at least 4 members (excludes halogenated alkanes) is 1. The Morgan fingerprint density at radius 2 is 1.27 bits per heavy atom. The van der Waals surface area contributed by atoms with E-state index in [1.54, 1.807) is 6.07 Å². The number of benzene rings is 2. The van der Waals surface area contributed by atoms with Gasteiger partial charge in [0.2, 0.25) is 0 Å². The largest absolute Gasteiger partial charge is 0.338 e. The first-order chi connectivity index (χ1) is 14.3. The van der Waals surface area contributed by atoms with Crippen molar-refractivity contribution in [2.75, 3.05) is 23.7 Å². The topological polar surface area (TPSA) is 169 Å². The molecule has 2 rings (SSSR count).